The zero-order valence-corrected chi connectivity index (χ0v) is 12.2. The molecule has 0 saturated carbocycles. The molecule has 4 heteroatoms. The molecule has 1 aromatic carbocycles. The minimum Gasteiger partial charge on any atom is -0.352 e. The maximum atomic E-state index is 11.8. The van der Waals surface area contributed by atoms with Crippen LogP contribution in [0.1, 0.15) is 33.6 Å². The summed E-state index contributed by atoms with van der Waals surface area (Å²) in [4.78, 5) is 24.2. The lowest BCUT2D eigenvalue weighted by atomic mass is 10.1. The van der Waals surface area contributed by atoms with Crippen molar-refractivity contribution in [3.8, 4) is 0 Å². The molecule has 0 saturated heterocycles. The molecule has 104 valence electrons. The second kappa shape index (κ2) is 7.01. The topological polar surface area (TPSA) is 46.2 Å². The Balaban J connectivity index is 1.76. The molecule has 0 aliphatic heterocycles. The van der Waals surface area contributed by atoms with E-state index >= 15 is 0 Å². The van der Waals surface area contributed by atoms with Gasteiger partial charge in [0, 0.05) is 19.4 Å². The van der Waals surface area contributed by atoms with Gasteiger partial charge in [0.05, 0.1) is 4.88 Å². The van der Waals surface area contributed by atoms with E-state index in [1.807, 2.05) is 42.6 Å². The van der Waals surface area contributed by atoms with Gasteiger partial charge in [-0.1, -0.05) is 30.3 Å². The molecule has 20 heavy (non-hydrogen) atoms. The first kappa shape index (κ1) is 14.5. The SMILES string of the molecule is Cc1ccccc1CNC(=O)CCC(=O)c1cccs1. The lowest BCUT2D eigenvalue weighted by Gasteiger charge is -2.07. The summed E-state index contributed by atoms with van der Waals surface area (Å²) in [5.41, 5.74) is 2.26. The maximum absolute atomic E-state index is 11.8. The Bertz CT molecular complexity index is 590. The van der Waals surface area contributed by atoms with Crippen molar-refractivity contribution >= 4 is 23.0 Å². The fraction of sp³-hybridized carbons (Fsp3) is 0.250. The Morgan fingerprint density at radius 1 is 1.10 bits per heavy atom. The van der Waals surface area contributed by atoms with E-state index in [0.29, 0.717) is 6.54 Å². The number of Topliss-reactive ketones (excluding diaryl/α,β-unsaturated/α-hetero) is 1. The molecule has 0 aliphatic carbocycles. The third-order valence-corrected chi connectivity index (χ3v) is 4.02. The van der Waals surface area contributed by atoms with Crippen molar-refractivity contribution in [2.75, 3.05) is 0 Å². The van der Waals surface area contributed by atoms with Gasteiger partial charge in [0.15, 0.2) is 5.78 Å². The molecule has 0 bridgehead atoms. The van der Waals surface area contributed by atoms with E-state index in [1.165, 1.54) is 11.3 Å². The molecule has 0 atom stereocenters. The quantitative estimate of drug-likeness (QED) is 0.828. The van der Waals surface area contributed by atoms with E-state index < -0.39 is 0 Å². The number of nitrogens with one attached hydrogen (secondary N) is 1. The molecule has 2 rings (SSSR count). The lowest BCUT2D eigenvalue weighted by Crippen LogP contribution is -2.23. The third-order valence-electron chi connectivity index (χ3n) is 3.11. The second-order valence-electron chi connectivity index (χ2n) is 4.60. The zero-order chi connectivity index (χ0) is 14.4. The van der Waals surface area contributed by atoms with Crippen molar-refractivity contribution in [1.29, 1.82) is 0 Å². The van der Waals surface area contributed by atoms with Crippen molar-refractivity contribution in [1.82, 2.24) is 5.32 Å². The standard InChI is InChI=1S/C16H17NO2S/c1-12-5-2-3-6-13(12)11-17-16(19)9-8-14(18)15-7-4-10-20-15/h2-7,10H,8-9,11H2,1H3,(H,17,19). The molecule has 0 radical (unpaired) electrons. The molecule has 3 nitrogen and oxygen atoms in total. The van der Waals surface area contributed by atoms with E-state index in [2.05, 4.69) is 5.32 Å². The minimum atomic E-state index is -0.0850. The van der Waals surface area contributed by atoms with Gasteiger partial charge in [-0.2, -0.15) is 0 Å². The summed E-state index contributed by atoms with van der Waals surface area (Å²) in [5, 5.41) is 4.72. The molecule has 0 unspecified atom stereocenters. The molecular formula is C16H17NO2S. The highest BCUT2D eigenvalue weighted by Crippen LogP contribution is 2.12. The van der Waals surface area contributed by atoms with Gasteiger partial charge < -0.3 is 5.32 Å². The highest BCUT2D eigenvalue weighted by Gasteiger charge is 2.10. The number of thiophene rings is 1. The van der Waals surface area contributed by atoms with Crippen LogP contribution in [-0.4, -0.2) is 11.7 Å². The Morgan fingerprint density at radius 2 is 1.90 bits per heavy atom. The Labute approximate surface area is 122 Å². The number of carbonyl (C=O) groups is 2. The fourth-order valence-electron chi connectivity index (χ4n) is 1.88. The van der Waals surface area contributed by atoms with E-state index in [1.54, 1.807) is 6.07 Å². The largest absolute Gasteiger partial charge is 0.352 e. The highest BCUT2D eigenvalue weighted by atomic mass is 32.1. The number of benzene rings is 1. The average molecular weight is 287 g/mol. The van der Waals surface area contributed by atoms with Crippen LogP contribution in [0.5, 0.6) is 0 Å². The van der Waals surface area contributed by atoms with Crippen LogP contribution in [0, 0.1) is 6.92 Å². The molecule has 0 aliphatic rings. The van der Waals surface area contributed by atoms with Crippen LogP contribution in [0.4, 0.5) is 0 Å². The van der Waals surface area contributed by atoms with Crippen molar-refractivity contribution in [3.63, 3.8) is 0 Å². The monoisotopic (exact) mass is 287 g/mol. The van der Waals surface area contributed by atoms with Gasteiger partial charge in [-0.25, -0.2) is 0 Å². The molecule has 0 fully saturated rings. The number of aryl methyl sites for hydroxylation is 1. The maximum Gasteiger partial charge on any atom is 0.220 e. The summed E-state index contributed by atoms with van der Waals surface area (Å²) in [6.45, 7) is 2.53. The van der Waals surface area contributed by atoms with Crippen LogP contribution in [0.2, 0.25) is 0 Å². The summed E-state index contributed by atoms with van der Waals surface area (Å²) in [5.74, 6) is -0.0517. The number of amides is 1. The molecular weight excluding hydrogens is 270 g/mol. The molecule has 1 amide bonds. The van der Waals surface area contributed by atoms with Crippen LogP contribution in [0.3, 0.4) is 0 Å². The van der Waals surface area contributed by atoms with E-state index in [9.17, 15) is 9.59 Å². The first-order valence-electron chi connectivity index (χ1n) is 6.54. The second-order valence-corrected chi connectivity index (χ2v) is 5.55. The van der Waals surface area contributed by atoms with Gasteiger partial charge in [-0.15, -0.1) is 11.3 Å². The van der Waals surface area contributed by atoms with Gasteiger partial charge in [-0.3, -0.25) is 9.59 Å². The third kappa shape index (κ3) is 4.03. The van der Waals surface area contributed by atoms with Crippen LogP contribution >= 0.6 is 11.3 Å². The summed E-state index contributed by atoms with van der Waals surface area (Å²) >= 11 is 1.41. The van der Waals surface area contributed by atoms with E-state index in [0.717, 1.165) is 16.0 Å². The smallest absolute Gasteiger partial charge is 0.220 e. The average Bonchev–Trinajstić information content (AvgIpc) is 2.98. The molecule has 1 aromatic heterocycles. The summed E-state index contributed by atoms with van der Waals surface area (Å²) in [6, 6.07) is 11.6. The summed E-state index contributed by atoms with van der Waals surface area (Å²) in [7, 11) is 0. The predicted molar refractivity (Wildman–Crippen MR) is 80.9 cm³/mol. The van der Waals surface area contributed by atoms with Crippen molar-refractivity contribution in [2.24, 2.45) is 0 Å². The van der Waals surface area contributed by atoms with Crippen molar-refractivity contribution < 1.29 is 9.59 Å². The Kier molecular flexibility index (Phi) is 5.07. The lowest BCUT2D eigenvalue weighted by molar-refractivity contribution is -0.121. The first-order chi connectivity index (χ1) is 9.66. The number of carbonyl (C=O) groups excluding carboxylic acids is 2. The van der Waals surface area contributed by atoms with Gasteiger partial charge >= 0.3 is 0 Å². The van der Waals surface area contributed by atoms with E-state index in [-0.39, 0.29) is 24.5 Å². The molecule has 1 heterocycles. The van der Waals surface area contributed by atoms with Crippen molar-refractivity contribution in [2.45, 2.75) is 26.3 Å². The normalized spacial score (nSPS) is 10.2. The van der Waals surface area contributed by atoms with Crippen LogP contribution in [0.25, 0.3) is 0 Å². The van der Waals surface area contributed by atoms with Crippen LogP contribution in [-0.2, 0) is 11.3 Å². The van der Waals surface area contributed by atoms with Gasteiger partial charge in [0.25, 0.3) is 0 Å². The van der Waals surface area contributed by atoms with Gasteiger partial charge in [0.2, 0.25) is 5.91 Å². The van der Waals surface area contributed by atoms with Gasteiger partial charge in [-0.05, 0) is 29.5 Å². The molecule has 2 aromatic rings. The Morgan fingerprint density at radius 3 is 2.60 bits per heavy atom. The van der Waals surface area contributed by atoms with E-state index in [4.69, 9.17) is 0 Å². The van der Waals surface area contributed by atoms with Crippen LogP contribution < -0.4 is 5.32 Å². The minimum absolute atomic E-state index is 0.0334. The van der Waals surface area contributed by atoms with Crippen LogP contribution in [0.15, 0.2) is 41.8 Å². The van der Waals surface area contributed by atoms with Gasteiger partial charge in [0.1, 0.15) is 0 Å². The fourth-order valence-corrected chi connectivity index (χ4v) is 2.57. The predicted octanol–water partition coefficient (Wildman–Crippen LogP) is 3.34. The molecule has 0 spiro atoms. The number of hydrogen-bond acceptors (Lipinski definition) is 3. The van der Waals surface area contributed by atoms with Crippen molar-refractivity contribution in [3.05, 3.63) is 57.8 Å². The molecule has 1 N–H and O–H groups in total. The number of rotatable bonds is 6. The first-order valence-corrected chi connectivity index (χ1v) is 7.42. The highest BCUT2D eigenvalue weighted by molar-refractivity contribution is 7.12. The summed E-state index contributed by atoms with van der Waals surface area (Å²) in [6.07, 6.45) is 0.503. The summed E-state index contributed by atoms with van der Waals surface area (Å²) < 4.78 is 0. The number of ketones is 1. The number of hydrogen-bond donors (Lipinski definition) is 1. The zero-order valence-electron chi connectivity index (χ0n) is 11.4. The Hall–Kier alpha value is -1.94.